The fourth-order valence-electron chi connectivity index (χ4n) is 4.63. The van der Waals surface area contributed by atoms with Crippen LogP contribution < -0.4 is 29.1 Å². The maximum absolute atomic E-state index is 14.0. The molecule has 3 aromatic carbocycles. The van der Waals surface area contributed by atoms with Gasteiger partial charge >= 0.3 is 5.97 Å². The number of fused-ring (bicyclic) bond motifs is 1. The van der Waals surface area contributed by atoms with Crippen molar-refractivity contribution < 1.29 is 23.7 Å². The zero-order valence-corrected chi connectivity index (χ0v) is 23.4. The molecule has 9 heteroatoms. The van der Waals surface area contributed by atoms with Gasteiger partial charge in [0, 0.05) is 5.56 Å². The fourth-order valence-corrected chi connectivity index (χ4v) is 5.63. The van der Waals surface area contributed by atoms with Crippen molar-refractivity contribution in [1.29, 1.82) is 0 Å². The van der Waals surface area contributed by atoms with Crippen molar-refractivity contribution in [2.45, 2.75) is 13.0 Å². The summed E-state index contributed by atoms with van der Waals surface area (Å²) in [6.07, 6.45) is 1.81. The molecule has 0 amide bonds. The highest BCUT2D eigenvalue weighted by molar-refractivity contribution is 7.07. The topological polar surface area (TPSA) is 88.4 Å². The van der Waals surface area contributed by atoms with Crippen LogP contribution in [0.25, 0.3) is 11.8 Å². The van der Waals surface area contributed by atoms with Crippen LogP contribution in [-0.2, 0) is 9.53 Å². The molecule has 8 nitrogen and oxygen atoms in total. The molecule has 0 spiro atoms. The van der Waals surface area contributed by atoms with Gasteiger partial charge in [-0.05, 0) is 48.4 Å². The lowest BCUT2D eigenvalue weighted by atomic mass is 9.93. The van der Waals surface area contributed by atoms with Crippen LogP contribution >= 0.6 is 11.3 Å². The van der Waals surface area contributed by atoms with E-state index in [1.807, 2.05) is 66.7 Å². The number of hydrogen-bond acceptors (Lipinski definition) is 8. The van der Waals surface area contributed by atoms with E-state index in [0.29, 0.717) is 32.1 Å². The molecular formula is C31H28N2O6S. The molecule has 0 bridgehead atoms. The minimum absolute atomic E-state index is 0.172. The van der Waals surface area contributed by atoms with E-state index >= 15 is 0 Å². The van der Waals surface area contributed by atoms with E-state index in [4.69, 9.17) is 23.9 Å². The Bertz CT molecular complexity index is 1750. The van der Waals surface area contributed by atoms with Crippen LogP contribution in [0.3, 0.4) is 0 Å². The van der Waals surface area contributed by atoms with E-state index in [-0.39, 0.29) is 17.7 Å². The summed E-state index contributed by atoms with van der Waals surface area (Å²) in [4.78, 5) is 32.9. The predicted octanol–water partition coefficient (Wildman–Crippen LogP) is 3.96. The second kappa shape index (κ2) is 11.6. The summed E-state index contributed by atoms with van der Waals surface area (Å²) in [5.41, 5.74) is 2.68. The van der Waals surface area contributed by atoms with Crippen LogP contribution in [-0.4, -0.2) is 38.5 Å². The summed E-state index contributed by atoms with van der Waals surface area (Å²) in [6.45, 7) is 1.92. The van der Waals surface area contributed by atoms with Gasteiger partial charge in [-0.15, -0.1) is 0 Å². The standard InChI is InChI=1S/C31H28N2O6S/c1-5-39-30(35)26-27(20-9-7-6-8-10-20)32-31-33(28(26)21-13-16-23(37-3)24(18-21)38-4)29(34)25(40-31)17-19-11-14-22(36-2)15-12-19/h6-18,28H,5H2,1-4H3/b25-17-. The van der Waals surface area contributed by atoms with Gasteiger partial charge < -0.3 is 18.9 Å². The second-order valence-corrected chi connectivity index (χ2v) is 9.83. The molecule has 204 valence electrons. The first kappa shape index (κ1) is 27.0. The normalized spacial score (nSPS) is 14.8. The minimum atomic E-state index is -0.816. The number of thiazole rings is 1. The Morgan fingerprint density at radius 1 is 0.950 bits per heavy atom. The number of nitrogens with zero attached hydrogens (tertiary/aromatic N) is 2. The molecule has 0 fully saturated rings. The Morgan fingerprint density at radius 2 is 1.68 bits per heavy atom. The third-order valence-corrected chi connectivity index (χ3v) is 7.49. The molecule has 40 heavy (non-hydrogen) atoms. The van der Waals surface area contributed by atoms with Crippen molar-refractivity contribution in [3.8, 4) is 17.2 Å². The third-order valence-electron chi connectivity index (χ3n) is 6.51. The summed E-state index contributed by atoms with van der Waals surface area (Å²) >= 11 is 1.26. The summed E-state index contributed by atoms with van der Waals surface area (Å²) in [6, 6.07) is 21.4. The summed E-state index contributed by atoms with van der Waals surface area (Å²) in [5, 5.41) is 0. The summed E-state index contributed by atoms with van der Waals surface area (Å²) in [5.74, 6) is 1.18. The molecule has 0 N–H and O–H groups in total. The Balaban J connectivity index is 1.82. The molecule has 5 rings (SSSR count). The summed E-state index contributed by atoms with van der Waals surface area (Å²) in [7, 11) is 4.70. The van der Waals surface area contributed by atoms with Crippen molar-refractivity contribution in [1.82, 2.24) is 4.57 Å². The Labute approximate surface area is 235 Å². The van der Waals surface area contributed by atoms with Crippen LogP contribution in [0.4, 0.5) is 0 Å². The number of carbonyl (C=O) groups is 1. The zero-order valence-electron chi connectivity index (χ0n) is 22.5. The fraction of sp³-hybridized carbons (Fsp3) is 0.194. The van der Waals surface area contributed by atoms with Crippen LogP contribution in [0, 0.1) is 0 Å². The van der Waals surface area contributed by atoms with Crippen LogP contribution in [0.2, 0.25) is 0 Å². The van der Waals surface area contributed by atoms with E-state index in [9.17, 15) is 9.59 Å². The maximum atomic E-state index is 14.0. The molecule has 1 aliphatic rings. The smallest absolute Gasteiger partial charge is 0.338 e. The number of methoxy groups -OCH3 is 3. The molecule has 1 aromatic heterocycles. The van der Waals surface area contributed by atoms with E-state index < -0.39 is 12.0 Å². The average molecular weight is 557 g/mol. The molecule has 4 aromatic rings. The van der Waals surface area contributed by atoms with Gasteiger partial charge in [-0.25, -0.2) is 9.79 Å². The third kappa shape index (κ3) is 5.03. The van der Waals surface area contributed by atoms with Gasteiger partial charge in [0.2, 0.25) is 0 Å². The van der Waals surface area contributed by atoms with Gasteiger partial charge in [-0.1, -0.05) is 59.9 Å². The van der Waals surface area contributed by atoms with Crippen molar-refractivity contribution >= 4 is 29.1 Å². The molecule has 1 atom stereocenters. The summed E-state index contributed by atoms with van der Waals surface area (Å²) < 4.78 is 23.8. The lowest BCUT2D eigenvalue weighted by Crippen LogP contribution is -2.40. The minimum Gasteiger partial charge on any atom is -0.497 e. The number of benzene rings is 3. The average Bonchev–Trinajstić information content (AvgIpc) is 3.30. The lowest BCUT2D eigenvalue weighted by Gasteiger charge is -2.26. The maximum Gasteiger partial charge on any atom is 0.338 e. The van der Waals surface area contributed by atoms with Gasteiger partial charge in [0.15, 0.2) is 16.3 Å². The number of esters is 1. The lowest BCUT2D eigenvalue weighted by molar-refractivity contribution is -0.138. The highest BCUT2D eigenvalue weighted by atomic mass is 32.1. The van der Waals surface area contributed by atoms with Crippen LogP contribution in [0.15, 0.2) is 88.2 Å². The number of ether oxygens (including phenoxy) is 4. The molecule has 1 unspecified atom stereocenters. The monoisotopic (exact) mass is 556 g/mol. The molecule has 1 aliphatic heterocycles. The zero-order chi connectivity index (χ0) is 28.2. The Kier molecular flexibility index (Phi) is 7.84. The Morgan fingerprint density at radius 3 is 2.33 bits per heavy atom. The van der Waals surface area contributed by atoms with Gasteiger partial charge in [0.05, 0.1) is 49.8 Å². The van der Waals surface area contributed by atoms with Crippen molar-refractivity contribution in [3.05, 3.63) is 115 Å². The highest BCUT2D eigenvalue weighted by Crippen LogP contribution is 2.38. The first-order valence-electron chi connectivity index (χ1n) is 12.6. The Hall–Kier alpha value is -4.63. The SMILES string of the molecule is CCOC(=O)C1=C(c2ccccc2)N=c2s/c(=C\c3ccc(OC)cc3)c(=O)n2C1c1ccc(OC)c(OC)c1. The van der Waals surface area contributed by atoms with Crippen LogP contribution in [0.1, 0.15) is 29.7 Å². The molecule has 0 saturated carbocycles. The molecule has 0 aliphatic carbocycles. The van der Waals surface area contributed by atoms with Gasteiger partial charge in [-0.2, -0.15) is 0 Å². The first-order valence-corrected chi connectivity index (χ1v) is 13.4. The molecule has 0 radical (unpaired) electrons. The predicted molar refractivity (Wildman–Crippen MR) is 154 cm³/mol. The number of aromatic nitrogens is 1. The molecular weight excluding hydrogens is 528 g/mol. The highest BCUT2D eigenvalue weighted by Gasteiger charge is 2.35. The molecule has 2 heterocycles. The number of hydrogen-bond donors (Lipinski definition) is 0. The largest absolute Gasteiger partial charge is 0.497 e. The van der Waals surface area contributed by atoms with E-state index in [0.717, 1.165) is 16.9 Å². The van der Waals surface area contributed by atoms with E-state index in [1.54, 1.807) is 45.0 Å². The number of carbonyl (C=O) groups excluding carboxylic acids is 1. The van der Waals surface area contributed by atoms with Crippen molar-refractivity contribution in [2.75, 3.05) is 27.9 Å². The molecule has 0 saturated heterocycles. The van der Waals surface area contributed by atoms with E-state index in [2.05, 4.69) is 0 Å². The second-order valence-electron chi connectivity index (χ2n) is 8.82. The van der Waals surface area contributed by atoms with Crippen molar-refractivity contribution in [3.63, 3.8) is 0 Å². The van der Waals surface area contributed by atoms with Gasteiger partial charge in [0.1, 0.15) is 5.75 Å². The number of rotatable bonds is 8. The van der Waals surface area contributed by atoms with Gasteiger partial charge in [0.25, 0.3) is 5.56 Å². The first-order chi connectivity index (χ1) is 19.5. The van der Waals surface area contributed by atoms with Gasteiger partial charge in [-0.3, -0.25) is 9.36 Å². The quantitative estimate of drug-likeness (QED) is 0.306. The van der Waals surface area contributed by atoms with Crippen molar-refractivity contribution in [2.24, 2.45) is 4.99 Å². The van der Waals surface area contributed by atoms with E-state index in [1.165, 1.54) is 11.3 Å². The van der Waals surface area contributed by atoms with Crippen LogP contribution in [0.5, 0.6) is 17.2 Å².